The summed E-state index contributed by atoms with van der Waals surface area (Å²) in [7, 11) is 1.53. The Morgan fingerprint density at radius 3 is 2.80 bits per heavy atom. The molecule has 2 nitrogen and oxygen atoms in total. The Balaban J connectivity index is 2.86. The summed E-state index contributed by atoms with van der Waals surface area (Å²) < 4.78 is 18.3. The van der Waals surface area contributed by atoms with Crippen LogP contribution in [0.2, 0.25) is 0 Å². The fourth-order valence-electron chi connectivity index (χ4n) is 1.31. The maximum absolute atomic E-state index is 13.3. The average molecular weight is 210 g/mol. The molecule has 0 aliphatic carbocycles. The second-order valence-corrected chi connectivity index (χ2v) is 3.66. The quantitative estimate of drug-likeness (QED) is 0.714. The van der Waals surface area contributed by atoms with E-state index in [-0.39, 0.29) is 23.9 Å². The molecule has 0 heterocycles. The third-order valence-electron chi connectivity index (χ3n) is 2.30. The molecule has 0 bridgehead atoms. The lowest BCUT2D eigenvalue weighted by Crippen LogP contribution is -2.13. The molecule has 1 unspecified atom stereocenters. The SMILES string of the molecule is COC(C)CC(=O)c1cc(C)ccc1F. The molecule has 15 heavy (non-hydrogen) atoms. The molecule has 0 amide bonds. The van der Waals surface area contributed by atoms with Crippen LogP contribution in [0.25, 0.3) is 0 Å². The first kappa shape index (κ1) is 11.9. The zero-order chi connectivity index (χ0) is 11.4. The highest BCUT2D eigenvalue weighted by atomic mass is 19.1. The summed E-state index contributed by atoms with van der Waals surface area (Å²) in [6.45, 7) is 3.61. The number of Topliss-reactive ketones (excluding diaryl/α,β-unsaturated/α-hetero) is 1. The normalized spacial score (nSPS) is 12.5. The molecule has 3 heteroatoms. The molecule has 0 saturated heterocycles. The third-order valence-corrected chi connectivity index (χ3v) is 2.30. The van der Waals surface area contributed by atoms with Crippen molar-refractivity contribution in [3.05, 3.63) is 35.1 Å². The van der Waals surface area contributed by atoms with Crippen LogP contribution in [0.3, 0.4) is 0 Å². The van der Waals surface area contributed by atoms with Crippen LogP contribution < -0.4 is 0 Å². The number of hydrogen-bond acceptors (Lipinski definition) is 2. The van der Waals surface area contributed by atoms with E-state index >= 15 is 0 Å². The number of benzene rings is 1. The molecule has 0 saturated carbocycles. The summed E-state index contributed by atoms with van der Waals surface area (Å²) in [5.41, 5.74) is 1.03. The van der Waals surface area contributed by atoms with Crippen LogP contribution in [0.1, 0.15) is 29.3 Å². The largest absolute Gasteiger partial charge is 0.381 e. The van der Waals surface area contributed by atoms with Gasteiger partial charge < -0.3 is 4.74 Å². The topological polar surface area (TPSA) is 26.3 Å². The van der Waals surface area contributed by atoms with Crippen molar-refractivity contribution in [1.82, 2.24) is 0 Å². The first-order valence-electron chi connectivity index (χ1n) is 4.86. The minimum absolute atomic E-state index is 0.152. The van der Waals surface area contributed by atoms with Crippen LogP contribution in [0.15, 0.2) is 18.2 Å². The monoisotopic (exact) mass is 210 g/mol. The van der Waals surface area contributed by atoms with Gasteiger partial charge in [0.2, 0.25) is 0 Å². The lowest BCUT2D eigenvalue weighted by Gasteiger charge is -2.09. The highest BCUT2D eigenvalue weighted by Crippen LogP contribution is 2.13. The first-order valence-corrected chi connectivity index (χ1v) is 4.86. The molecular formula is C12H15FO2. The van der Waals surface area contributed by atoms with Gasteiger partial charge in [-0.3, -0.25) is 4.79 Å². The molecule has 1 aromatic rings. The van der Waals surface area contributed by atoms with Gasteiger partial charge in [-0.25, -0.2) is 4.39 Å². The maximum Gasteiger partial charge on any atom is 0.168 e. The Hall–Kier alpha value is -1.22. The van der Waals surface area contributed by atoms with E-state index < -0.39 is 5.82 Å². The number of aryl methyl sites for hydroxylation is 1. The summed E-state index contributed by atoms with van der Waals surface area (Å²) in [6.07, 6.45) is 0.0223. The van der Waals surface area contributed by atoms with Crippen LogP contribution in [0, 0.1) is 12.7 Å². The molecule has 0 aliphatic heterocycles. The van der Waals surface area contributed by atoms with Crippen molar-refractivity contribution in [2.45, 2.75) is 26.4 Å². The van der Waals surface area contributed by atoms with E-state index in [1.165, 1.54) is 13.2 Å². The van der Waals surface area contributed by atoms with Gasteiger partial charge in [0.05, 0.1) is 11.7 Å². The van der Waals surface area contributed by atoms with Crippen molar-refractivity contribution in [3.8, 4) is 0 Å². The van der Waals surface area contributed by atoms with Crippen molar-refractivity contribution >= 4 is 5.78 Å². The van der Waals surface area contributed by atoms with Gasteiger partial charge in [0, 0.05) is 13.5 Å². The first-order chi connectivity index (χ1) is 7.04. The Morgan fingerprint density at radius 2 is 2.20 bits per heavy atom. The molecule has 0 spiro atoms. The molecule has 1 rings (SSSR count). The van der Waals surface area contributed by atoms with Gasteiger partial charge >= 0.3 is 0 Å². The maximum atomic E-state index is 13.3. The smallest absolute Gasteiger partial charge is 0.168 e. The van der Waals surface area contributed by atoms with Gasteiger partial charge in [-0.1, -0.05) is 11.6 Å². The summed E-state index contributed by atoms with van der Waals surface area (Å²) in [4.78, 5) is 11.7. The van der Waals surface area contributed by atoms with Gasteiger partial charge in [0.15, 0.2) is 5.78 Å². The number of ether oxygens (including phenoxy) is 1. The fraction of sp³-hybridized carbons (Fsp3) is 0.417. The van der Waals surface area contributed by atoms with E-state index in [1.807, 2.05) is 6.92 Å². The number of carbonyl (C=O) groups is 1. The van der Waals surface area contributed by atoms with Crippen molar-refractivity contribution < 1.29 is 13.9 Å². The van der Waals surface area contributed by atoms with E-state index in [9.17, 15) is 9.18 Å². The molecule has 0 aromatic heterocycles. The summed E-state index contributed by atoms with van der Waals surface area (Å²) in [6, 6.07) is 4.53. The molecule has 0 fully saturated rings. The van der Waals surface area contributed by atoms with Crippen molar-refractivity contribution in [1.29, 1.82) is 0 Å². The predicted octanol–water partition coefficient (Wildman–Crippen LogP) is 2.74. The Labute approximate surface area is 89.1 Å². The van der Waals surface area contributed by atoms with E-state index in [0.717, 1.165) is 5.56 Å². The van der Waals surface area contributed by atoms with E-state index in [1.54, 1.807) is 19.1 Å². The molecule has 0 N–H and O–H groups in total. The highest BCUT2D eigenvalue weighted by molar-refractivity contribution is 5.96. The van der Waals surface area contributed by atoms with Crippen molar-refractivity contribution in [2.75, 3.05) is 7.11 Å². The zero-order valence-electron chi connectivity index (χ0n) is 9.21. The van der Waals surface area contributed by atoms with E-state index in [0.29, 0.717) is 0 Å². The fourth-order valence-corrected chi connectivity index (χ4v) is 1.31. The van der Waals surface area contributed by atoms with Crippen molar-refractivity contribution in [2.24, 2.45) is 0 Å². The number of halogens is 1. The summed E-state index contributed by atoms with van der Waals surface area (Å²) >= 11 is 0. The standard InChI is InChI=1S/C12H15FO2/c1-8-4-5-11(13)10(6-8)12(14)7-9(2)15-3/h4-6,9H,7H2,1-3H3. The van der Waals surface area contributed by atoms with Crippen LogP contribution in [-0.2, 0) is 4.74 Å². The highest BCUT2D eigenvalue weighted by Gasteiger charge is 2.14. The van der Waals surface area contributed by atoms with Crippen LogP contribution in [0.4, 0.5) is 4.39 Å². The molecule has 0 radical (unpaired) electrons. The number of rotatable bonds is 4. The molecule has 1 atom stereocenters. The minimum atomic E-state index is -0.464. The van der Waals surface area contributed by atoms with Crippen molar-refractivity contribution in [3.63, 3.8) is 0 Å². The average Bonchev–Trinajstić information content (AvgIpc) is 2.21. The lowest BCUT2D eigenvalue weighted by atomic mass is 10.0. The second-order valence-electron chi connectivity index (χ2n) is 3.66. The minimum Gasteiger partial charge on any atom is -0.381 e. The van der Waals surface area contributed by atoms with E-state index in [4.69, 9.17) is 4.74 Å². The summed E-state index contributed by atoms with van der Waals surface area (Å²) in [5, 5.41) is 0. The molecule has 1 aromatic carbocycles. The van der Waals surface area contributed by atoms with Gasteiger partial charge in [0.1, 0.15) is 5.82 Å². The van der Waals surface area contributed by atoms with Crippen LogP contribution in [0.5, 0.6) is 0 Å². The van der Waals surface area contributed by atoms with Gasteiger partial charge in [-0.15, -0.1) is 0 Å². The van der Waals surface area contributed by atoms with Crippen LogP contribution in [-0.4, -0.2) is 19.0 Å². The Morgan fingerprint density at radius 1 is 1.53 bits per heavy atom. The third kappa shape index (κ3) is 3.13. The van der Waals surface area contributed by atoms with Gasteiger partial charge in [-0.05, 0) is 26.0 Å². The Bertz CT molecular complexity index is 361. The number of hydrogen-bond donors (Lipinski definition) is 0. The van der Waals surface area contributed by atoms with Crippen LogP contribution >= 0.6 is 0 Å². The Kier molecular flexibility index (Phi) is 3.97. The predicted molar refractivity (Wildman–Crippen MR) is 56.6 cm³/mol. The molecular weight excluding hydrogens is 195 g/mol. The van der Waals surface area contributed by atoms with Gasteiger partial charge in [-0.2, -0.15) is 0 Å². The zero-order valence-corrected chi connectivity index (χ0v) is 9.21. The number of ketones is 1. The van der Waals surface area contributed by atoms with E-state index in [2.05, 4.69) is 0 Å². The number of methoxy groups -OCH3 is 1. The van der Waals surface area contributed by atoms with Gasteiger partial charge in [0.25, 0.3) is 0 Å². The number of carbonyl (C=O) groups excluding carboxylic acids is 1. The molecule has 0 aliphatic rings. The molecule has 82 valence electrons. The lowest BCUT2D eigenvalue weighted by molar-refractivity contribution is 0.0788. The summed E-state index contributed by atoms with van der Waals surface area (Å²) in [5.74, 6) is -0.681. The second kappa shape index (κ2) is 5.03.